The summed E-state index contributed by atoms with van der Waals surface area (Å²) in [5.74, 6) is 1.62. The third-order valence-electron chi connectivity index (χ3n) is 2.26. The van der Waals surface area contributed by atoms with Gasteiger partial charge in [-0.2, -0.15) is 0 Å². The molecule has 0 spiro atoms. The van der Waals surface area contributed by atoms with Gasteiger partial charge in [0.1, 0.15) is 12.4 Å². The molecule has 0 aliphatic rings. The summed E-state index contributed by atoms with van der Waals surface area (Å²) in [7, 11) is 0. The molecular weight excluding hydrogens is 222 g/mol. The summed E-state index contributed by atoms with van der Waals surface area (Å²) in [5.41, 5.74) is 0. The highest BCUT2D eigenvalue weighted by Gasteiger charge is 1.95. The molecule has 0 unspecified atom stereocenters. The number of halogens is 1. The molecule has 3 heteroatoms. The third-order valence-corrected chi connectivity index (χ3v) is 2.51. The normalized spacial score (nSPS) is 10.8. The zero-order valence-electron chi connectivity index (χ0n) is 10.0. The van der Waals surface area contributed by atoms with Crippen LogP contribution in [0.25, 0.3) is 0 Å². The van der Waals surface area contributed by atoms with Crippen molar-refractivity contribution in [1.29, 1.82) is 0 Å². The van der Waals surface area contributed by atoms with Gasteiger partial charge in [0.2, 0.25) is 0 Å². The Hall–Kier alpha value is -0.730. The van der Waals surface area contributed by atoms with Gasteiger partial charge >= 0.3 is 0 Å². The fraction of sp³-hybridized carbons (Fsp3) is 0.538. The van der Waals surface area contributed by atoms with Crippen molar-refractivity contribution in [3.63, 3.8) is 0 Å². The van der Waals surface area contributed by atoms with Gasteiger partial charge in [-0.3, -0.25) is 0 Å². The lowest BCUT2D eigenvalue weighted by atomic mass is 10.1. The smallest absolute Gasteiger partial charge is 0.119 e. The minimum atomic E-state index is 0.694. The second kappa shape index (κ2) is 7.53. The lowest BCUT2D eigenvalue weighted by Crippen LogP contribution is -2.22. The van der Waals surface area contributed by atoms with Gasteiger partial charge in [0.15, 0.2) is 0 Å². The van der Waals surface area contributed by atoms with Crippen molar-refractivity contribution in [2.75, 3.05) is 19.7 Å². The van der Waals surface area contributed by atoms with E-state index in [1.54, 1.807) is 0 Å². The largest absolute Gasteiger partial charge is 0.492 e. The highest BCUT2D eigenvalue weighted by Crippen LogP contribution is 2.14. The van der Waals surface area contributed by atoms with Gasteiger partial charge in [0.05, 0.1) is 0 Å². The minimum absolute atomic E-state index is 0.694. The fourth-order valence-electron chi connectivity index (χ4n) is 1.29. The van der Waals surface area contributed by atoms with Crippen LogP contribution in [0.1, 0.15) is 20.3 Å². The molecule has 1 aromatic carbocycles. The predicted molar refractivity (Wildman–Crippen MR) is 69.3 cm³/mol. The summed E-state index contributed by atoms with van der Waals surface area (Å²) in [4.78, 5) is 0. The lowest BCUT2D eigenvalue weighted by molar-refractivity contribution is 0.312. The Labute approximate surface area is 103 Å². The van der Waals surface area contributed by atoms with Crippen LogP contribution in [0, 0.1) is 5.92 Å². The van der Waals surface area contributed by atoms with Gasteiger partial charge in [0.25, 0.3) is 0 Å². The van der Waals surface area contributed by atoms with Gasteiger partial charge in [-0.25, -0.2) is 0 Å². The molecule has 0 atom stereocenters. The molecule has 0 aromatic heterocycles. The van der Waals surface area contributed by atoms with Gasteiger partial charge < -0.3 is 10.1 Å². The van der Waals surface area contributed by atoms with E-state index in [9.17, 15) is 0 Å². The molecular formula is C13H20ClNO. The van der Waals surface area contributed by atoms with E-state index >= 15 is 0 Å². The molecule has 2 nitrogen and oxygen atoms in total. The fourth-order valence-corrected chi connectivity index (χ4v) is 1.41. The zero-order chi connectivity index (χ0) is 11.8. The van der Waals surface area contributed by atoms with Crippen molar-refractivity contribution in [3.05, 3.63) is 29.3 Å². The quantitative estimate of drug-likeness (QED) is 0.740. The molecule has 0 radical (unpaired) electrons. The molecule has 0 saturated heterocycles. The molecule has 1 N–H and O–H groups in total. The van der Waals surface area contributed by atoms with E-state index in [1.165, 1.54) is 6.42 Å². The van der Waals surface area contributed by atoms with E-state index in [0.717, 1.165) is 29.8 Å². The van der Waals surface area contributed by atoms with Crippen LogP contribution in [0.15, 0.2) is 24.3 Å². The molecule has 0 aliphatic carbocycles. The predicted octanol–water partition coefficient (Wildman–Crippen LogP) is 3.35. The van der Waals surface area contributed by atoms with Crippen LogP contribution in [0.3, 0.4) is 0 Å². The van der Waals surface area contributed by atoms with E-state index < -0.39 is 0 Å². The van der Waals surface area contributed by atoms with E-state index in [2.05, 4.69) is 19.2 Å². The second-order valence-electron chi connectivity index (χ2n) is 4.23. The maximum absolute atomic E-state index is 5.78. The molecule has 0 aliphatic heterocycles. The Balaban J connectivity index is 2.05. The molecule has 90 valence electrons. The Morgan fingerprint density at radius 2 is 1.88 bits per heavy atom. The second-order valence-corrected chi connectivity index (χ2v) is 4.67. The van der Waals surface area contributed by atoms with Crippen molar-refractivity contribution >= 4 is 11.6 Å². The number of hydrogen-bond donors (Lipinski definition) is 1. The number of ether oxygens (including phenoxy) is 1. The van der Waals surface area contributed by atoms with Gasteiger partial charge in [-0.15, -0.1) is 0 Å². The first-order valence-electron chi connectivity index (χ1n) is 5.77. The van der Waals surface area contributed by atoms with Gasteiger partial charge in [-0.05, 0) is 43.1 Å². The summed E-state index contributed by atoms with van der Waals surface area (Å²) < 4.78 is 5.55. The average Bonchev–Trinajstić information content (AvgIpc) is 2.25. The van der Waals surface area contributed by atoms with Crippen molar-refractivity contribution in [3.8, 4) is 5.75 Å². The molecule has 0 saturated carbocycles. The summed E-state index contributed by atoms with van der Waals surface area (Å²) in [6, 6.07) is 7.44. The number of rotatable bonds is 7. The summed E-state index contributed by atoms with van der Waals surface area (Å²) in [5, 5.41) is 4.09. The molecule has 0 bridgehead atoms. The van der Waals surface area contributed by atoms with Gasteiger partial charge in [0, 0.05) is 11.6 Å². The van der Waals surface area contributed by atoms with Gasteiger partial charge in [-0.1, -0.05) is 25.4 Å². The first kappa shape index (κ1) is 13.3. The number of benzene rings is 1. The van der Waals surface area contributed by atoms with Crippen LogP contribution >= 0.6 is 11.6 Å². The number of nitrogens with one attached hydrogen (secondary N) is 1. The summed E-state index contributed by atoms with van der Waals surface area (Å²) >= 11 is 5.78. The Bertz CT molecular complexity index is 284. The van der Waals surface area contributed by atoms with Crippen molar-refractivity contribution < 1.29 is 4.74 Å². The van der Waals surface area contributed by atoms with Crippen LogP contribution in [-0.4, -0.2) is 19.7 Å². The maximum atomic E-state index is 5.78. The molecule has 0 fully saturated rings. The van der Waals surface area contributed by atoms with Crippen LogP contribution in [0.4, 0.5) is 0 Å². The SMILES string of the molecule is CC(C)CCNCCOc1ccc(Cl)cc1. The number of hydrogen-bond acceptors (Lipinski definition) is 2. The Morgan fingerprint density at radius 1 is 1.19 bits per heavy atom. The first-order valence-corrected chi connectivity index (χ1v) is 6.15. The van der Waals surface area contributed by atoms with Crippen LogP contribution in [0.2, 0.25) is 5.02 Å². The molecule has 1 rings (SSSR count). The van der Waals surface area contributed by atoms with E-state index in [1.807, 2.05) is 24.3 Å². The molecule has 16 heavy (non-hydrogen) atoms. The monoisotopic (exact) mass is 241 g/mol. The first-order chi connectivity index (χ1) is 7.68. The van der Waals surface area contributed by atoms with Crippen molar-refractivity contribution in [1.82, 2.24) is 5.32 Å². The topological polar surface area (TPSA) is 21.3 Å². The highest BCUT2D eigenvalue weighted by molar-refractivity contribution is 6.30. The third kappa shape index (κ3) is 5.99. The molecule has 0 amide bonds. The Morgan fingerprint density at radius 3 is 2.50 bits per heavy atom. The molecule has 1 aromatic rings. The van der Waals surface area contributed by atoms with Crippen LogP contribution in [0.5, 0.6) is 5.75 Å². The van der Waals surface area contributed by atoms with E-state index in [0.29, 0.717) is 6.61 Å². The average molecular weight is 242 g/mol. The van der Waals surface area contributed by atoms with Crippen molar-refractivity contribution in [2.45, 2.75) is 20.3 Å². The van der Waals surface area contributed by atoms with E-state index in [4.69, 9.17) is 16.3 Å². The summed E-state index contributed by atoms with van der Waals surface area (Å²) in [6.45, 7) is 7.09. The lowest BCUT2D eigenvalue weighted by Gasteiger charge is -2.08. The van der Waals surface area contributed by atoms with Crippen LogP contribution in [-0.2, 0) is 0 Å². The Kier molecular flexibility index (Phi) is 6.27. The minimum Gasteiger partial charge on any atom is -0.492 e. The molecule has 0 heterocycles. The van der Waals surface area contributed by atoms with Crippen LogP contribution < -0.4 is 10.1 Å². The standard InChI is InChI=1S/C13H20ClNO/c1-11(2)7-8-15-9-10-16-13-5-3-12(14)4-6-13/h3-6,11,15H,7-10H2,1-2H3. The highest BCUT2D eigenvalue weighted by atomic mass is 35.5. The van der Waals surface area contributed by atoms with Crippen molar-refractivity contribution in [2.24, 2.45) is 5.92 Å². The summed E-state index contributed by atoms with van der Waals surface area (Å²) in [6.07, 6.45) is 1.21. The maximum Gasteiger partial charge on any atom is 0.119 e. The van der Waals surface area contributed by atoms with E-state index in [-0.39, 0.29) is 0 Å². The zero-order valence-corrected chi connectivity index (χ0v) is 10.8.